The third-order valence-corrected chi connectivity index (χ3v) is 7.78. The maximum Gasteiger partial charge on any atom is 0.0968 e. The number of hydrogen-bond acceptors (Lipinski definition) is 3. The van der Waals surface area contributed by atoms with Gasteiger partial charge in [0.05, 0.1) is 27.1 Å². The van der Waals surface area contributed by atoms with Crippen LogP contribution in [0.4, 0.5) is 11.4 Å². The lowest BCUT2D eigenvalue weighted by Crippen LogP contribution is -2.22. The lowest BCUT2D eigenvalue weighted by molar-refractivity contribution is 0.764. The van der Waals surface area contributed by atoms with Gasteiger partial charge in [-0.15, -0.1) is 11.6 Å². The second-order valence-electron chi connectivity index (χ2n) is 9.18. The van der Waals surface area contributed by atoms with Gasteiger partial charge in [-0.3, -0.25) is 0 Å². The highest BCUT2D eigenvalue weighted by molar-refractivity contribution is 6.33. The lowest BCUT2D eigenvalue weighted by Gasteiger charge is -2.26. The predicted molar refractivity (Wildman–Crippen MR) is 136 cm³/mol. The molecule has 1 N–H and O–H groups in total. The highest BCUT2D eigenvalue weighted by atomic mass is 35.5. The maximum absolute atomic E-state index is 9.52. The van der Waals surface area contributed by atoms with E-state index in [2.05, 4.69) is 30.6 Å². The van der Waals surface area contributed by atoms with Crippen molar-refractivity contribution < 1.29 is 0 Å². The lowest BCUT2D eigenvalue weighted by atomic mass is 10.0. The van der Waals surface area contributed by atoms with Gasteiger partial charge in [-0.2, -0.15) is 5.26 Å². The number of aryl methyl sites for hydroxylation is 1. The first kappa shape index (κ1) is 23.1. The molecule has 0 amide bonds. The number of nitrogens with zero attached hydrogens (tertiary/aromatic N) is 2. The highest BCUT2D eigenvalue weighted by Crippen LogP contribution is 2.64. The number of benzene rings is 2. The van der Waals surface area contributed by atoms with E-state index in [1.54, 1.807) is 0 Å². The van der Waals surface area contributed by atoms with Crippen molar-refractivity contribution in [1.82, 2.24) is 0 Å². The van der Waals surface area contributed by atoms with Gasteiger partial charge in [-0.25, -0.2) is 0 Å². The Kier molecular flexibility index (Phi) is 5.78. The first-order chi connectivity index (χ1) is 15.0. The smallest absolute Gasteiger partial charge is 0.0968 e. The molecule has 0 saturated heterocycles. The SMILES string of the molecule is C=C(Nc1ccc(Cl)c(N(C)C(=C)C2(C#N)CC2)c1)C1C(c2cc(C)cc(Cl)c2)C1(C)Cl. The molecule has 0 bridgehead atoms. The molecule has 32 heavy (non-hydrogen) atoms. The van der Waals surface area contributed by atoms with Crippen LogP contribution in [0.15, 0.2) is 61.0 Å². The van der Waals surface area contributed by atoms with E-state index in [4.69, 9.17) is 34.8 Å². The molecule has 2 aromatic rings. The molecule has 2 aromatic carbocycles. The van der Waals surface area contributed by atoms with Crippen LogP contribution in [-0.4, -0.2) is 11.9 Å². The normalized spacial score (nSPS) is 24.9. The van der Waals surface area contributed by atoms with Crippen LogP contribution in [0, 0.1) is 29.6 Å². The van der Waals surface area contributed by atoms with Crippen LogP contribution in [0.3, 0.4) is 0 Å². The van der Waals surface area contributed by atoms with Gasteiger partial charge in [0.1, 0.15) is 0 Å². The van der Waals surface area contributed by atoms with E-state index in [9.17, 15) is 5.26 Å². The average molecular weight is 487 g/mol. The average Bonchev–Trinajstić information content (AvgIpc) is 3.62. The van der Waals surface area contributed by atoms with Crippen molar-refractivity contribution in [3.63, 3.8) is 0 Å². The number of allylic oxidation sites excluding steroid dienone is 2. The Morgan fingerprint density at radius 2 is 1.88 bits per heavy atom. The summed E-state index contributed by atoms with van der Waals surface area (Å²) >= 11 is 19.6. The Morgan fingerprint density at radius 3 is 2.47 bits per heavy atom. The van der Waals surface area contributed by atoms with Gasteiger partial charge in [0, 0.05) is 41.0 Å². The Hall–Kier alpha value is -2.12. The maximum atomic E-state index is 9.52. The summed E-state index contributed by atoms with van der Waals surface area (Å²) < 4.78 is 0. The van der Waals surface area contributed by atoms with Crippen LogP contribution in [-0.2, 0) is 0 Å². The number of hydrogen-bond donors (Lipinski definition) is 1. The number of nitrogens with one attached hydrogen (secondary N) is 1. The van der Waals surface area contributed by atoms with Crippen LogP contribution >= 0.6 is 34.8 Å². The first-order valence-electron chi connectivity index (χ1n) is 10.6. The molecule has 0 radical (unpaired) electrons. The summed E-state index contributed by atoms with van der Waals surface area (Å²) in [6.07, 6.45) is 1.67. The van der Waals surface area contributed by atoms with Crippen molar-refractivity contribution in [2.24, 2.45) is 11.3 Å². The van der Waals surface area contributed by atoms with Crippen LogP contribution in [0.2, 0.25) is 10.0 Å². The van der Waals surface area contributed by atoms with E-state index >= 15 is 0 Å². The summed E-state index contributed by atoms with van der Waals surface area (Å²) in [5, 5.41) is 14.3. The fourth-order valence-electron chi connectivity index (χ4n) is 4.65. The summed E-state index contributed by atoms with van der Waals surface area (Å²) in [6.45, 7) is 12.5. The third kappa shape index (κ3) is 4.01. The Balaban J connectivity index is 1.53. The second-order valence-corrected chi connectivity index (χ2v) is 10.8. The predicted octanol–water partition coefficient (Wildman–Crippen LogP) is 7.89. The standard InChI is InChI=1S/C26H26Cl3N3/c1-15-10-18(12-19(27)11-15)24-23(25(24,4)29)16(2)31-20-6-7-21(28)22(13-20)32(5)17(3)26(14-30)8-9-26/h6-7,10-13,23-24,31H,2-3,8-9H2,1,4-5H3. The molecule has 4 rings (SSSR count). The largest absolute Gasteiger partial charge is 0.359 e. The molecular weight excluding hydrogens is 461 g/mol. The fourth-order valence-corrected chi connectivity index (χ4v) is 5.64. The molecule has 0 aliphatic heterocycles. The molecular formula is C26H26Cl3N3. The van der Waals surface area contributed by atoms with E-state index in [1.165, 1.54) is 0 Å². The van der Waals surface area contributed by atoms with Crippen molar-refractivity contribution in [2.45, 2.75) is 37.5 Å². The zero-order valence-corrected chi connectivity index (χ0v) is 20.7. The number of rotatable bonds is 7. The molecule has 2 aliphatic rings. The minimum atomic E-state index is -0.470. The quantitative estimate of drug-likeness (QED) is 0.404. The molecule has 3 nitrogen and oxygen atoms in total. The molecule has 6 heteroatoms. The Bertz CT molecular complexity index is 1140. The molecule has 3 unspecified atom stereocenters. The van der Waals surface area contributed by atoms with Gasteiger partial charge in [0.25, 0.3) is 0 Å². The number of halogens is 3. The third-order valence-electron chi connectivity index (χ3n) is 6.77. The Morgan fingerprint density at radius 1 is 1.19 bits per heavy atom. The van der Waals surface area contributed by atoms with Gasteiger partial charge in [0.2, 0.25) is 0 Å². The van der Waals surface area contributed by atoms with Gasteiger partial charge >= 0.3 is 0 Å². The summed E-state index contributed by atoms with van der Waals surface area (Å²) in [6, 6.07) is 14.2. The van der Waals surface area contributed by atoms with E-state index in [-0.39, 0.29) is 11.8 Å². The van der Waals surface area contributed by atoms with Crippen molar-refractivity contribution in [3.05, 3.63) is 82.1 Å². The highest BCUT2D eigenvalue weighted by Gasteiger charge is 2.62. The summed E-state index contributed by atoms with van der Waals surface area (Å²) in [4.78, 5) is 1.47. The van der Waals surface area contributed by atoms with Crippen molar-refractivity contribution in [2.75, 3.05) is 17.3 Å². The van der Waals surface area contributed by atoms with E-state index in [1.807, 2.05) is 56.1 Å². The van der Waals surface area contributed by atoms with Crippen molar-refractivity contribution >= 4 is 46.2 Å². The van der Waals surface area contributed by atoms with E-state index in [0.29, 0.717) is 10.0 Å². The summed E-state index contributed by atoms with van der Waals surface area (Å²) in [5.74, 6) is 0.184. The molecule has 2 saturated carbocycles. The monoisotopic (exact) mass is 485 g/mol. The number of nitriles is 1. The topological polar surface area (TPSA) is 39.1 Å². The van der Waals surface area contributed by atoms with Gasteiger partial charge in [-0.05, 0) is 68.1 Å². The zero-order chi connectivity index (χ0) is 23.4. The van der Waals surface area contributed by atoms with Crippen LogP contribution < -0.4 is 10.2 Å². The van der Waals surface area contributed by atoms with Crippen LogP contribution in [0.1, 0.15) is 36.8 Å². The van der Waals surface area contributed by atoms with Crippen LogP contribution in [0.5, 0.6) is 0 Å². The van der Waals surface area contributed by atoms with Gasteiger partial charge in [0.15, 0.2) is 0 Å². The minimum absolute atomic E-state index is 0.0576. The van der Waals surface area contributed by atoms with Crippen molar-refractivity contribution in [1.29, 1.82) is 5.26 Å². The molecule has 3 atom stereocenters. The molecule has 2 fully saturated rings. The number of anilines is 2. The van der Waals surface area contributed by atoms with E-state index < -0.39 is 10.3 Å². The molecule has 0 aromatic heterocycles. The molecule has 2 aliphatic carbocycles. The second kappa shape index (κ2) is 8.03. The summed E-state index contributed by atoms with van der Waals surface area (Å²) in [5.41, 5.74) is 5.03. The zero-order valence-electron chi connectivity index (χ0n) is 18.5. The first-order valence-corrected chi connectivity index (χ1v) is 11.7. The van der Waals surface area contributed by atoms with Crippen LogP contribution in [0.25, 0.3) is 0 Å². The molecule has 0 heterocycles. The Labute approximate surface area is 205 Å². The van der Waals surface area contributed by atoms with Gasteiger partial charge in [-0.1, -0.05) is 42.4 Å². The van der Waals surface area contributed by atoms with Crippen molar-refractivity contribution in [3.8, 4) is 6.07 Å². The summed E-state index contributed by atoms with van der Waals surface area (Å²) in [7, 11) is 1.90. The molecule has 0 spiro atoms. The number of alkyl halides is 1. The minimum Gasteiger partial charge on any atom is -0.359 e. The van der Waals surface area contributed by atoms with Gasteiger partial charge < -0.3 is 10.2 Å². The van der Waals surface area contributed by atoms with E-state index in [0.717, 1.165) is 46.7 Å². The molecule has 166 valence electrons. The fraction of sp³-hybridized carbons (Fsp3) is 0.346.